The largest absolute Gasteiger partial charge is 0.478 e. The molecule has 1 aliphatic heterocycles. The van der Waals surface area contributed by atoms with Crippen LogP contribution in [0.2, 0.25) is 0 Å². The summed E-state index contributed by atoms with van der Waals surface area (Å²) in [6.07, 6.45) is 3.60. The lowest BCUT2D eigenvalue weighted by Gasteiger charge is -2.15. The first kappa shape index (κ1) is 14.4. The van der Waals surface area contributed by atoms with Crippen LogP contribution in [0.1, 0.15) is 32.8 Å². The number of likely N-dealkylation sites (tertiary alicyclic amines) is 1. The van der Waals surface area contributed by atoms with Crippen LogP contribution in [-0.4, -0.2) is 40.0 Å². The molecule has 22 heavy (non-hydrogen) atoms. The Balaban J connectivity index is 1.59. The Labute approximate surface area is 128 Å². The van der Waals surface area contributed by atoms with Crippen molar-refractivity contribution in [3.63, 3.8) is 0 Å². The minimum absolute atomic E-state index is 0.0497. The van der Waals surface area contributed by atoms with E-state index in [4.69, 9.17) is 5.11 Å². The molecular formula is C17H18N2O3. The van der Waals surface area contributed by atoms with Gasteiger partial charge in [0.15, 0.2) is 0 Å². The summed E-state index contributed by atoms with van der Waals surface area (Å²) in [4.78, 5) is 27.9. The van der Waals surface area contributed by atoms with Crippen molar-refractivity contribution in [2.45, 2.75) is 12.8 Å². The average molecular weight is 298 g/mol. The lowest BCUT2D eigenvalue weighted by Crippen LogP contribution is -2.29. The van der Waals surface area contributed by atoms with Crippen molar-refractivity contribution in [1.29, 1.82) is 0 Å². The molecule has 0 radical (unpaired) electrons. The molecule has 1 aromatic carbocycles. The van der Waals surface area contributed by atoms with E-state index in [9.17, 15) is 9.59 Å². The van der Waals surface area contributed by atoms with Crippen molar-refractivity contribution in [3.8, 4) is 0 Å². The number of hydrogen-bond donors (Lipinski definition) is 2. The molecule has 5 heteroatoms. The molecule has 1 atom stereocenters. The quantitative estimate of drug-likeness (QED) is 0.910. The predicted molar refractivity (Wildman–Crippen MR) is 81.9 cm³/mol. The third-order valence-electron chi connectivity index (χ3n) is 4.13. The Morgan fingerprint density at radius 3 is 2.64 bits per heavy atom. The standard InChI is InChI=1S/C17H18N2O3/c20-16(15-2-1-8-18-15)19-9-7-13(11-19)10-12-3-5-14(6-4-12)17(21)22/h1-6,8,13,18H,7,9-11H2,(H,21,22). The minimum atomic E-state index is -0.907. The van der Waals surface area contributed by atoms with Gasteiger partial charge in [0.05, 0.1) is 5.56 Å². The number of benzene rings is 1. The van der Waals surface area contributed by atoms with Gasteiger partial charge >= 0.3 is 5.97 Å². The molecule has 3 rings (SSSR count). The van der Waals surface area contributed by atoms with Crippen LogP contribution >= 0.6 is 0 Å². The van der Waals surface area contributed by atoms with Gasteiger partial charge in [0.1, 0.15) is 5.69 Å². The molecule has 1 aliphatic rings. The molecule has 2 aromatic rings. The highest BCUT2D eigenvalue weighted by atomic mass is 16.4. The smallest absolute Gasteiger partial charge is 0.335 e. The van der Waals surface area contributed by atoms with Gasteiger partial charge in [-0.3, -0.25) is 4.79 Å². The van der Waals surface area contributed by atoms with Gasteiger partial charge in [0, 0.05) is 19.3 Å². The SMILES string of the molecule is O=C(O)c1ccc(CC2CCN(C(=O)c3ccc[nH]3)C2)cc1. The fourth-order valence-corrected chi connectivity index (χ4v) is 2.93. The molecule has 2 heterocycles. The maximum Gasteiger partial charge on any atom is 0.335 e. The van der Waals surface area contributed by atoms with Crippen molar-refractivity contribution in [2.24, 2.45) is 5.92 Å². The van der Waals surface area contributed by atoms with E-state index < -0.39 is 5.97 Å². The lowest BCUT2D eigenvalue weighted by molar-refractivity contribution is 0.0696. The van der Waals surface area contributed by atoms with Crippen molar-refractivity contribution in [1.82, 2.24) is 9.88 Å². The highest BCUT2D eigenvalue weighted by molar-refractivity contribution is 5.92. The van der Waals surface area contributed by atoms with E-state index >= 15 is 0 Å². The fourth-order valence-electron chi connectivity index (χ4n) is 2.93. The van der Waals surface area contributed by atoms with E-state index in [0.717, 1.165) is 31.5 Å². The number of aromatic amines is 1. The zero-order valence-corrected chi connectivity index (χ0v) is 12.2. The molecule has 0 aliphatic carbocycles. The van der Waals surface area contributed by atoms with Gasteiger partial charge in [-0.15, -0.1) is 0 Å². The molecular weight excluding hydrogens is 280 g/mol. The number of amides is 1. The summed E-state index contributed by atoms with van der Waals surface area (Å²) < 4.78 is 0. The predicted octanol–water partition coefficient (Wildman–Crippen LogP) is 2.42. The van der Waals surface area contributed by atoms with Crippen molar-refractivity contribution in [3.05, 3.63) is 59.4 Å². The first-order valence-electron chi connectivity index (χ1n) is 7.38. The molecule has 1 amide bonds. The summed E-state index contributed by atoms with van der Waals surface area (Å²) >= 11 is 0. The zero-order valence-electron chi connectivity index (χ0n) is 12.2. The summed E-state index contributed by atoms with van der Waals surface area (Å²) in [7, 11) is 0. The van der Waals surface area contributed by atoms with Crippen molar-refractivity contribution < 1.29 is 14.7 Å². The second-order valence-electron chi connectivity index (χ2n) is 5.70. The van der Waals surface area contributed by atoms with Gasteiger partial charge in [-0.1, -0.05) is 12.1 Å². The van der Waals surface area contributed by atoms with Crippen LogP contribution in [0.15, 0.2) is 42.6 Å². The van der Waals surface area contributed by atoms with Crippen molar-refractivity contribution in [2.75, 3.05) is 13.1 Å². The number of rotatable bonds is 4. The van der Waals surface area contributed by atoms with Gasteiger partial charge in [0.2, 0.25) is 0 Å². The summed E-state index contributed by atoms with van der Waals surface area (Å²) in [6.45, 7) is 1.52. The van der Waals surface area contributed by atoms with E-state index in [0.29, 0.717) is 17.2 Å². The third kappa shape index (κ3) is 3.03. The molecule has 114 valence electrons. The average Bonchev–Trinajstić information content (AvgIpc) is 3.19. The fraction of sp³-hybridized carbons (Fsp3) is 0.294. The Hall–Kier alpha value is -2.56. The summed E-state index contributed by atoms with van der Waals surface area (Å²) in [5.74, 6) is -0.432. The maximum atomic E-state index is 12.3. The van der Waals surface area contributed by atoms with Crippen LogP contribution in [0.25, 0.3) is 0 Å². The highest BCUT2D eigenvalue weighted by Gasteiger charge is 2.27. The number of carboxylic acid groups (broad SMARTS) is 1. The molecule has 0 spiro atoms. The van der Waals surface area contributed by atoms with Gasteiger partial charge in [-0.25, -0.2) is 4.79 Å². The molecule has 1 fully saturated rings. The number of carbonyl (C=O) groups is 2. The monoisotopic (exact) mass is 298 g/mol. The summed E-state index contributed by atoms with van der Waals surface area (Å²) in [6, 6.07) is 10.6. The number of carboxylic acids is 1. The summed E-state index contributed by atoms with van der Waals surface area (Å²) in [5, 5.41) is 8.90. The van der Waals surface area contributed by atoms with Crippen LogP contribution in [0.3, 0.4) is 0 Å². The summed E-state index contributed by atoms with van der Waals surface area (Å²) in [5.41, 5.74) is 2.05. The molecule has 0 saturated carbocycles. The second-order valence-corrected chi connectivity index (χ2v) is 5.70. The van der Waals surface area contributed by atoms with Crippen molar-refractivity contribution >= 4 is 11.9 Å². The molecule has 0 bridgehead atoms. The Morgan fingerprint density at radius 2 is 2.00 bits per heavy atom. The minimum Gasteiger partial charge on any atom is -0.478 e. The van der Waals surface area contributed by atoms with Crippen LogP contribution in [0, 0.1) is 5.92 Å². The van der Waals surface area contributed by atoms with Crippen LogP contribution in [0.4, 0.5) is 0 Å². The van der Waals surface area contributed by atoms with E-state index in [1.165, 1.54) is 0 Å². The number of carbonyl (C=O) groups excluding carboxylic acids is 1. The number of aromatic carboxylic acids is 1. The Kier molecular flexibility index (Phi) is 3.96. The molecule has 1 aromatic heterocycles. The molecule has 5 nitrogen and oxygen atoms in total. The van der Waals surface area contributed by atoms with Gasteiger partial charge in [-0.2, -0.15) is 0 Å². The number of nitrogens with zero attached hydrogens (tertiary/aromatic N) is 1. The van der Waals surface area contributed by atoms with E-state index in [1.54, 1.807) is 24.4 Å². The lowest BCUT2D eigenvalue weighted by atomic mass is 9.98. The van der Waals surface area contributed by atoms with E-state index in [-0.39, 0.29) is 5.91 Å². The van der Waals surface area contributed by atoms with Crippen LogP contribution < -0.4 is 0 Å². The Morgan fingerprint density at radius 1 is 1.23 bits per heavy atom. The first-order chi connectivity index (χ1) is 10.6. The van der Waals surface area contributed by atoms with Gasteiger partial charge in [0.25, 0.3) is 5.91 Å². The number of nitrogens with one attached hydrogen (secondary N) is 1. The van der Waals surface area contributed by atoms with E-state index in [1.807, 2.05) is 23.1 Å². The molecule has 2 N–H and O–H groups in total. The van der Waals surface area contributed by atoms with Crippen LogP contribution in [0.5, 0.6) is 0 Å². The third-order valence-corrected chi connectivity index (χ3v) is 4.13. The molecule has 1 unspecified atom stereocenters. The van der Waals surface area contributed by atoms with Gasteiger partial charge < -0.3 is 15.0 Å². The number of hydrogen-bond acceptors (Lipinski definition) is 2. The van der Waals surface area contributed by atoms with Crippen LogP contribution in [-0.2, 0) is 6.42 Å². The zero-order chi connectivity index (χ0) is 15.5. The normalized spacial score (nSPS) is 17.6. The topological polar surface area (TPSA) is 73.4 Å². The molecule has 1 saturated heterocycles. The second kappa shape index (κ2) is 6.05. The highest BCUT2D eigenvalue weighted by Crippen LogP contribution is 2.22. The van der Waals surface area contributed by atoms with Gasteiger partial charge in [-0.05, 0) is 48.6 Å². The number of H-pyrrole nitrogens is 1. The number of aromatic nitrogens is 1. The first-order valence-corrected chi connectivity index (χ1v) is 7.38. The Bertz CT molecular complexity index is 662. The van der Waals surface area contributed by atoms with E-state index in [2.05, 4.69) is 4.98 Å². The maximum absolute atomic E-state index is 12.3.